The fourth-order valence-electron chi connectivity index (χ4n) is 2.45. The van der Waals surface area contributed by atoms with Gasteiger partial charge in [-0.05, 0) is 20.0 Å². The average Bonchev–Trinajstić information content (AvgIpc) is 3.03. The number of carbonyl (C=O) groups excluding carboxylic acids is 2. The first-order valence-corrected chi connectivity index (χ1v) is 8.82. The van der Waals surface area contributed by atoms with Gasteiger partial charge in [0.05, 0.1) is 13.7 Å². The molecule has 126 valence electrons. The molecule has 1 aromatic carbocycles. The van der Waals surface area contributed by atoms with Crippen molar-refractivity contribution < 1.29 is 14.3 Å². The molecule has 0 spiro atoms. The second kappa shape index (κ2) is 8.04. The Morgan fingerprint density at radius 1 is 1.48 bits per heavy atom. The molecule has 0 radical (unpaired) electrons. The Bertz CT molecular complexity index is 584. The standard InChI is InChI=1S/C16H21ClN2O3S/c1-11(16(21)22-3)18(2)10-14(20)19-8-9-23-15(19)12-6-4-5-7-13(12)17/h4-7,11,15H,8-10H2,1-3H3/t11-,15+/m0/s1. The Kier molecular flexibility index (Phi) is 6.33. The van der Waals surface area contributed by atoms with E-state index in [2.05, 4.69) is 0 Å². The number of esters is 1. The van der Waals surface area contributed by atoms with Gasteiger partial charge in [0, 0.05) is 22.9 Å². The monoisotopic (exact) mass is 356 g/mol. The van der Waals surface area contributed by atoms with Crippen molar-refractivity contribution in [1.82, 2.24) is 9.80 Å². The first-order chi connectivity index (χ1) is 11.0. The fraction of sp³-hybridized carbons (Fsp3) is 0.500. The van der Waals surface area contributed by atoms with Crippen LogP contribution in [0, 0.1) is 0 Å². The minimum atomic E-state index is -0.460. The highest BCUT2D eigenvalue weighted by atomic mass is 35.5. The van der Waals surface area contributed by atoms with E-state index in [9.17, 15) is 9.59 Å². The number of methoxy groups -OCH3 is 1. The van der Waals surface area contributed by atoms with E-state index < -0.39 is 6.04 Å². The molecule has 0 aliphatic carbocycles. The number of amides is 1. The number of carbonyl (C=O) groups is 2. The summed E-state index contributed by atoms with van der Waals surface area (Å²) in [6.07, 6.45) is 0. The lowest BCUT2D eigenvalue weighted by Crippen LogP contribution is -2.44. The van der Waals surface area contributed by atoms with Crippen LogP contribution in [0.4, 0.5) is 0 Å². The van der Waals surface area contributed by atoms with E-state index in [1.54, 1.807) is 30.6 Å². The van der Waals surface area contributed by atoms with Gasteiger partial charge >= 0.3 is 5.97 Å². The molecule has 0 unspecified atom stereocenters. The van der Waals surface area contributed by atoms with Gasteiger partial charge in [-0.3, -0.25) is 14.5 Å². The lowest BCUT2D eigenvalue weighted by molar-refractivity contribution is -0.146. The molecule has 1 saturated heterocycles. The maximum Gasteiger partial charge on any atom is 0.322 e. The number of hydrogen-bond donors (Lipinski definition) is 0. The third-order valence-electron chi connectivity index (χ3n) is 3.97. The minimum Gasteiger partial charge on any atom is -0.468 e. The van der Waals surface area contributed by atoms with Crippen molar-refractivity contribution >= 4 is 35.2 Å². The number of thioether (sulfide) groups is 1. The van der Waals surface area contributed by atoms with Gasteiger partial charge in [-0.25, -0.2) is 0 Å². The first-order valence-electron chi connectivity index (χ1n) is 7.39. The molecular weight excluding hydrogens is 336 g/mol. The highest BCUT2D eigenvalue weighted by molar-refractivity contribution is 7.99. The van der Waals surface area contributed by atoms with E-state index in [-0.39, 0.29) is 23.8 Å². The Labute approximate surface area is 145 Å². The summed E-state index contributed by atoms with van der Waals surface area (Å²) >= 11 is 7.97. The van der Waals surface area contributed by atoms with E-state index in [1.165, 1.54) is 7.11 Å². The van der Waals surface area contributed by atoms with Gasteiger partial charge in [0.25, 0.3) is 0 Å². The highest BCUT2D eigenvalue weighted by Gasteiger charge is 2.33. The number of nitrogens with zero attached hydrogens (tertiary/aromatic N) is 2. The van der Waals surface area contributed by atoms with Crippen molar-refractivity contribution in [3.8, 4) is 0 Å². The molecule has 1 amide bonds. The predicted octanol–water partition coefficient (Wildman–Crippen LogP) is 2.41. The average molecular weight is 357 g/mol. The van der Waals surface area contributed by atoms with Gasteiger partial charge < -0.3 is 9.64 Å². The van der Waals surface area contributed by atoms with E-state index in [4.69, 9.17) is 16.3 Å². The number of rotatable bonds is 5. The van der Waals surface area contributed by atoms with Crippen LogP contribution in [0.25, 0.3) is 0 Å². The van der Waals surface area contributed by atoms with E-state index in [1.807, 2.05) is 29.2 Å². The Morgan fingerprint density at radius 3 is 2.83 bits per heavy atom. The zero-order valence-electron chi connectivity index (χ0n) is 13.5. The van der Waals surface area contributed by atoms with Crippen LogP contribution in [-0.2, 0) is 14.3 Å². The van der Waals surface area contributed by atoms with Crippen LogP contribution < -0.4 is 0 Å². The quantitative estimate of drug-likeness (QED) is 0.758. The molecule has 1 fully saturated rings. The fourth-order valence-corrected chi connectivity index (χ4v) is 4.07. The molecule has 0 saturated carbocycles. The summed E-state index contributed by atoms with van der Waals surface area (Å²) in [6.45, 7) is 2.57. The SMILES string of the molecule is COC(=O)[C@H](C)N(C)CC(=O)N1CCS[C@@H]1c1ccccc1Cl. The number of halogens is 1. The third kappa shape index (κ3) is 4.19. The largest absolute Gasteiger partial charge is 0.468 e. The van der Waals surface area contributed by atoms with Gasteiger partial charge in [0.2, 0.25) is 5.91 Å². The van der Waals surface area contributed by atoms with Crippen molar-refractivity contribution in [2.75, 3.05) is 33.0 Å². The normalized spacial score (nSPS) is 19.0. The molecular formula is C16H21ClN2O3S. The lowest BCUT2D eigenvalue weighted by atomic mass is 10.2. The van der Waals surface area contributed by atoms with Crippen LogP contribution in [0.15, 0.2) is 24.3 Å². The summed E-state index contributed by atoms with van der Waals surface area (Å²) in [7, 11) is 3.09. The summed E-state index contributed by atoms with van der Waals surface area (Å²) in [5, 5.41) is 0.596. The van der Waals surface area contributed by atoms with Gasteiger partial charge in [-0.1, -0.05) is 29.8 Å². The van der Waals surface area contributed by atoms with Crippen LogP contribution in [0.1, 0.15) is 17.9 Å². The molecule has 1 heterocycles. The van der Waals surface area contributed by atoms with Crippen molar-refractivity contribution in [2.45, 2.75) is 18.3 Å². The molecule has 1 aliphatic rings. The summed E-state index contributed by atoms with van der Waals surface area (Å²) in [5.74, 6) is 0.509. The molecule has 23 heavy (non-hydrogen) atoms. The molecule has 2 atom stereocenters. The van der Waals surface area contributed by atoms with Crippen LogP contribution in [0.5, 0.6) is 0 Å². The maximum atomic E-state index is 12.6. The molecule has 0 bridgehead atoms. The summed E-state index contributed by atoms with van der Waals surface area (Å²) in [5.41, 5.74) is 0.952. The predicted molar refractivity (Wildman–Crippen MR) is 92.5 cm³/mol. The van der Waals surface area contributed by atoms with Crippen LogP contribution in [-0.4, -0.2) is 60.7 Å². The van der Waals surface area contributed by atoms with E-state index in [0.29, 0.717) is 11.6 Å². The molecule has 2 rings (SSSR count). The third-order valence-corrected chi connectivity index (χ3v) is 5.56. The smallest absolute Gasteiger partial charge is 0.322 e. The number of benzene rings is 1. The topological polar surface area (TPSA) is 49.9 Å². The van der Waals surface area contributed by atoms with E-state index in [0.717, 1.165) is 11.3 Å². The van der Waals surface area contributed by atoms with Gasteiger partial charge in [0.1, 0.15) is 11.4 Å². The van der Waals surface area contributed by atoms with Crippen molar-refractivity contribution in [3.63, 3.8) is 0 Å². The molecule has 5 nitrogen and oxygen atoms in total. The second-order valence-corrected chi connectivity index (χ2v) is 7.04. The van der Waals surface area contributed by atoms with Crippen LogP contribution in [0.3, 0.4) is 0 Å². The summed E-state index contributed by atoms with van der Waals surface area (Å²) in [6, 6.07) is 7.13. The van der Waals surface area contributed by atoms with Gasteiger partial charge in [0.15, 0.2) is 0 Å². The van der Waals surface area contributed by atoms with Gasteiger partial charge in [-0.2, -0.15) is 0 Å². The van der Waals surface area contributed by atoms with Crippen molar-refractivity contribution in [3.05, 3.63) is 34.9 Å². The van der Waals surface area contributed by atoms with Crippen LogP contribution >= 0.6 is 23.4 Å². The number of ether oxygens (including phenoxy) is 1. The first kappa shape index (κ1) is 18.1. The lowest BCUT2D eigenvalue weighted by Gasteiger charge is -2.28. The highest BCUT2D eigenvalue weighted by Crippen LogP contribution is 2.40. The number of likely N-dealkylation sites (N-methyl/N-ethyl adjacent to an activating group) is 1. The van der Waals surface area contributed by atoms with Crippen molar-refractivity contribution in [1.29, 1.82) is 0 Å². The second-order valence-electron chi connectivity index (χ2n) is 5.45. The zero-order valence-corrected chi connectivity index (χ0v) is 15.1. The summed E-state index contributed by atoms with van der Waals surface area (Å²) < 4.78 is 4.72. The molecule has 0 N–H and O–H groups in total. The Morgan fingerprint density at radius 2 is 2.17 bits per heavy atom. The Hall–Kier alpha value is -1.24. The van der Waals surface area contributed by atoms with E-state index >= 15 is 0 Å². The van der Waals surface area contributed by atoms with Crippen LogP contribution in [0.2, 0.25) is 5.02 Å². The molecule has 1 aliphatic heterocycles. The van der Waals surface area contributed by atoms with Gasteiger partial charge in [-0.15, -0.1) is 11.8 Å². The molecule has 0 aromatic heterocycles. The molecule has 1 aromatic rings. The zero-order chi connectivity index (χ0) is 17.0. The minimum absolute atomic E-state index is 0.0156. The summed E-state index contributed by atoms with van der Waals surface area (Å²) in [4.78, 5) is 27.7. The Balaban J connectivity index is 2.07. The maximum absolute atomic E-state index is 12.6. The molecule has 7 heteroatoms. The van der Waals surface area contributed by atoms with Crippen molar-refractivity contribution in [2.24, 2.45) is 0 Å². The number of hydrogen-bond acceptors (Lipinski definition) is 5.